The molecular weight excluding hydrogens is 276 g/mol. The Bertz CT molecular complexity index is 727. The number of benzene rings is 1. The Morgan fingerprint density at radius 2 is 1.95 bits per heavy atom. The van der Waals surface area contributed by atoms with Gasteiger partial charge in [0.1, 0.15) is 11.8 Å². The number of hydrogen-bond donors (Lipinski definition) is 0. The number of aryl methyl sites for hydroxylation is 1. The van der Waals surface area contributed by atoms with E-state index in [-0.39, 0.29) is 0 Å². The molecule has 3 aromatic rings. The first-order chi connectivity index (χ1) is 9.74. The van der Waals surface area contributed by atoms with Gasteiger partial charge in [0.25, 0.3) is 0 Å². The number of halogens is 1. The molecule has 0 N–H and O–H groups in total. The summed E-state index contributed by atoms with van der Waals surface area (Å²) in [6.07, 6.45) is 1.66. The highest BCUT2D eigenvalue weighted by atomic mass is 35.5. The molecule has 0 aliphatic heterocycles. The SMILES string of the molecule is Cn1ncc2c(Cl)nc(COCc3ccccc3)nc21. The zero-order valence-electron chi connectivity index (χ0n) is 11.0. The third kappa shape index (κ3) is 2.64. The summed E-state index contributed by atoms with van der Waals surface area (Å²) in [5.74, 6) is 0.557. The fraction of sp³-hybridized carbons (Fsp3) is 0.214. The maximum Gasteiger partial charge on any atom is 0.162 e. The quantitative estimate of drug-likeness (QED) is 0.693. The molecule has 0 aliphatic carbocycles. The van der Waals surface area contributed by atoms with Gasteiger partial charge >= 0.3 is 0 Å². The van der Waals surface area contributed by atoms with Crippen LogP contribution in [-0.2, 0) is 25.0 Å². The van der Waals surface area contributed by atoms with Crippen LogP contribution in [0.1, 0.15) is 11.4 Å². The zero-order chi connectivity index (χ0) is 13.9. The number of aromatic nitrogens is 4. The minimum absolute atomic E-state index is 0.315. The van der Waals surface area contributed by atoms with E-state index in [9.17, 15) is 0 Å². The molecule has 0 spiro atoms. The summed E-state index contributed by atoms with van der Waals surface area (Å²) in [5, 5.41) is 5.27. The first-order valence-corrected chi connectivity index (χ1v) is 6.57. The van der Waals surface area contributed by atoms with E-state index < -0.39 is 0 Å². The molecule has 0 amide bonds. The van der Waals surface area contributed by atoms with Gasteiger partial charge < -0.3 is 4.74 Å². The predicted molar refractivity (Wildman–Crippen MR) is 76.2 cm³/mol. The maximum atomic E-state index is 6.11. The van der Waals surface area contributed by atoms with E-state index >= 15 is 0 Å². The van der Waals surface area contributed by atoms with Crippen LogP contribution in [-0.4, -0.2) is 19.7 Å². The standard InChI is InChI=1S/C14H13ClN4O/c1-19-14-11(7-16-19)13(15)17-12(18-14)9-20-8-10-5-3-2-4-6-10/h2-7H,8-9H2,1H3. The second kappa shape index (κ2) is 5.56. The van der Waals surface area contributed by atoms with Crippen LogP contribution >= 0.6 is 11.6 Å². The molecule has 5 nitrogen and oxygen atoms in total. The fourth-order valence-electron chi connectivity index (χ4n) is 1.93. The summed E-state index contributed by atoms with van der Waals surface area (Å²) in [7, 11) is 1.82. The van der Waals surface area contributed by atoms with Gasteiger partial charge in [-0.2, -0.15) is 5.10 Å². The van der Waals surface area contributed by atoms with Gasteiger partial charge in [-0.1, -0.05) is 41.9 Å². The van der Waals surface area contributed by atoms with E-state index in [1.807, 2.05) is 37.4 Å². The second-order valence-electron chi connectivity index (χ2n) is 4.41. The van der Waals surface area contributed by atoms with Crippen LogP contribution in [0.5, 0.6) is 0 Å². The van der Waals surface area contributed by atoms with Gasteiger partial charge in [-0.05, 0) is 5.56 Å². The molecule has 2 heterocycles. The van der Waals surface area contributed by atoms with E-state index in [4.69, 9.17) is 16.3 Å². The van der Waals surface area contributed by atoms with Crippen molar-refractivity contribution in [1.82, 2.24) is 19.7 Å². The summed E-state index contributed by atoms with van der Waals surface area (Å²) in [6.45, 7) is 0.834. The summed E-state index contributed by atoms with van der Waals surface area (Å²) >= 11 is 6.11. The molecule has 0 fully saturated rings. The lowest BCUT2D eigenvalue weighted by molar-refractivity contribution is 0.102. The third-order valence-corrected chi connectivity index (χ3v) is 3.22. The van der Waals surface area contributed by atoms with Gasteiger partial charge in [-0.25, -0.2) is 9.97 Å². The molecule has 0 atom stereocenters. The summed E-state index contributed by atoms with van der Waals surface area (Å²) < 4.78 is 7.28. The highest BCUT2D eigenvalue weighted by molar-refractivity contribution is 6.33. The molecule has 102 valence electrons. The van der Waals surface area contributed by atoms with Gasteiger partial charge in [0.2, 0.25) is 0 Å². The number of rotatable bonds is 4. The van der Waals surface area contributed by atoms with Crippen molar-refractivity contribution in [2.75, 3.05) is 0 Å². The molecule has 2 aromatic heterocycles. The summed E-state index contributed by atoms with van der Waals surface area (Å²) in [4.78, 5) is 8.63. The third-order valence-electron chi connectivity index (χ3n) is 2.93. The molecular formula is C14H13ClN4O. The average Bonchev–Trinajstić information content (AvgIpc) is 2.82. The smallest absolute Gasteiger partial charge is 0.162 e. The van der Waals surface area contributed by atoms with Crippen LogP contribution in [0.15, 0.2) is 36.5 Å². The van der Waals surface area contributed by atoms with Gasteiger partial charge in [0.15, 0.2) is 11.5 Å². The minimum Gasteiger partial charge on any atom is -0.369 e. The molecule has 1 aromatic carbocycles. The lowest BCUT2D eigenvalue weighted by Crippen LogP contribution is -2.02. The Hall–Kier alpha value is -1.98. The van der Waals surface area contributed by atoms with Crippen molar-refractivity contribution in [3.05, 3.63) is 53.1 Å². The van der Waals surface area contributed by atoms with Crippen molar-refractivity contribution in [1.29, 1.82) is 0 Å². The number of ether oxygens (including phenoxy) is 1. The first-order valence-electron chi connectivity index (χ1n) is 6.20. The Morgan fingerprint density at radius 3 is 2.75 bits per heavy atom. The van der Waals surface area contributed by atoms with Crippen molar-refractivity contribution >= 4 is 22.6 Å². The molecule has 6 heteroatoms. The Labute approximate surface area is 121 Å². The van der Waals surface area contributed by atoms with E-state index in [1.54, 1.807) is 10.9 Å². The Kier molecular flexibility index (Phi) is 3.62. The van der Waals surface area contributed by atoms with Crippen molar-refractivity contribution in [2.45, 2.75) is 13.2 Å². The lowest BCUT2D eigenvalue weighted by Gasteiger charge is -2.04. The number of nitrogens with zero attached hydrogens (tertiary/aromatic N) is 4. The van der Waals surface area contributed by atoms with E-state index in [0.717, 1.165) is 10.9 Å². The predicted octanol–water partition coefficient (Wildman–Crippen LogP) is 2.73. The summed E-state index contributed by atoms with van der Waals surface area (Å²) in [5.41, 5.74) is 1.82. The van der Waals surface area contributed by atoms with E-state index in [2.05, 4.69) is 15.1 Å². The lowest BCUT2D eigenvalue weighted by atomic mass is 10.2. The van der Waals surface area contributed by atoms with Gasteiger partial charge in [0, 0.05) is 7.05 Å². The minimum atomic E-state index is 0.315. The monoisotopic (exact) mass is 288 g/mol. The van der Waals surface area contributed by atoms with Gasteiger partial charge in [-0.3, -0.25) is 4.68 Å². The van der Waals surface area contributed by atoms with E-state index in [1.165, 1.54) is 0 Å². The number of fused-ring (bicyclic) bond motifs is 1. The highest BCUT2D eigenvalue weighted by Gasteiger charge is 2.09. The Balaban J connectivity index is 1.73. The highest BCUT2D eigenvalue weighted by Crippen LogP contribution is 2.19. The Morgan fingerprint density at radius 1 is 1.15 bits per heavy atom. The van der Waals surface area contributed by atoms with Crippen molar-refractivity contribution < 1.29 is 4.74 Å². The second-order valence-corrected chi connectivity index (χ2v) is 4.77. The summed E-state index contributed by atoms with van der Waals surface area (Å²) in [6, 6.07) is 9.96. The normalized spacial score (nSPS) is 11.1. The molecule has 20 heavy (non-hydrogen) atoms. The van der Waals surface area contributed by atoms with Crippen LogP contribution in [0.4, 0.5) is 0 Å². The largest absolute Gasteiger partial charge is 0.369 e. The average molecular weight is 289 g/mol. The van der Waals surface area contributed by atoms with Crippen molar-refractivity contribution in [3.8, 4) is 0 Å². The molecule has 0 aliphatic rings. The topological polar surface area (TPSA) is 52.8 Å². The van der Waals surface area contributed by atoms with Gasteiger partial charge in [-0.15, -0.1) is 0 Å². The van der Waals surface area contributed by atoms with E-state index in [0.29, 0.717) is 29.8 Å². The van der Waals surface area contributed by atoms with Gasteiger partial charge in [0.05, 0.1) is 18.2 Å². The van der Waals surface area contributed by atoms with Crippen LogP contribution in [0, 0.1) is 0 Å². The van der Waals surface area contributed by atoms with Crippen molar-refractivity contribution in [2.24, 2.45) is 7.05 Å². The molecule has 0 bridgehead atoms. The molecule has 0 saturated carbocycles. The molecule has 0 saturated heterocycles. The molecule has 0 radical (unpaired) electrons. The fourth-order valence-corrected chi connectivity index (χ4v) is 2.16. The van der Waals surface area contributed by atoms with Crippen LogP contribution in [0.2, 0.25) is 5.15 Å². The van der Waals surface area contributed by atoms with Crippen LogP contribution in [0.25, 0.3) is 11.0 Å². The van der Waals surface area contributed by atoms with Crippen molar-refractivity contribution in [3.63, 3.8) is 0 Å². The zero-order valence-corrected chi connectivity index (χ0v) is 11.7. The maximum absolute atomic E-state index is 6.11. The van der Waals surface area contributed by atoms with Crippen LogP contribution in [0.3, 0.4) is 0 Å². The molecule has 3 rings (SSSR count). The number of hydrogen-bond acceptors (Lipinski definition) is 4. The first kappa shape index (κ1) is 13.0. The molecule has 0 unspecified atom stereocenters. The van der Waals surface area contributed by atoms with Crippen LogP contribution < -0.4 is 0 Å².